The quantitative estimate of drug-likeness (QED) is 0.728. The fourth-order valence-corrected chi connectivity index (χ4v) is 1.63. The van der Waals surface area contributed by atoms with Gasteiger partial charge in [-0.05, 0) is 26.7 Å². The van der Waals surface area contributed by atoms with Crippen molar-refractivity contribution in [2.24, 2.45) is 7.05 Å². The van der Waals surface area contributed by atoms with Gasteiger partial charge in [-0.25, -0.2) is 4.79 Å². The number of amides is 2. The number of carboxylic acid groups (broad SMARTS) is 1. The van der Waals surface area contributed by atoms with Crippen molar-refractivity contribution in [3.8, 4) is 0 Å². The lowest BCUT2D eigenvalue weighted by molar-refractivity contribution is -0.137. The van der Waals surface area contributed by atoms with Crippen LogP contribution in [0.3, 0.4) is 0 Å². The molecule has 0 radical (unpaired) electrons. The van der Waals surface area contributed by atoms with Gasteiger partial charge in [0.05, 0.1) is 0 Å². The first-order chi connectivity index (χ1) is 8.88. The summed E-state index contributed by atoms with van der Waals surface area (Å²) >= 11 is 0. The molecular weight excluding hydrogens is 248 g/mol. The van der Waals surface area contributed by atoms with E-state index in [0.717, 1.165) is 5.69 Å². The van der Waals surface area contributed by atoms with Crippen molar-refractivity contribution in [3.05, 3.63) is 11.8 Å². The van der Waals surface area contributed by atoms with Crippen LogP contribution in [0.1, 0.15) is 31.9 Å². The van der Waals surface area contributed by atoms with Gasteiger partial charge in [0, 0.05) is 31.3 Å². The zero-order chi connectivity index (χ0) is 14.4. The molecule has 1 aromatic rings. The highest BCUT2D eigenvalue weighted by molar-refractivity contribution is 5.88. The van der Waals surface area contributed by atoms with Gasteiger partial charge in [-0.3, -0.25) is 14.8 Å². The molecule has 0 fully saturated rings. The highest BCUT2D eigenvalue weighted by Gasteiger charge is 2.10. The molecule has 1 rings (SSSR count). The van der Waals surface area contributed by atoms with E-state index >= 15 is 0 Å². The summed E-state index contributed by atoms with van der Waals surface area (Å²) in [6.45, 7) is 3.73. The van der Waals surface area contributed by atoms with Crippen LogP contribution < -0.4 is 10.6 Å². The van der Waals surface area contributed by atoms with Crippen LogP contribution in [-0.4, -0.2) is 32.9 Å². The minimum absolute atomic E-state index is 0.0795. The van der Waals surface area contributed by atoms with Gasteiger partial charge in [0.1, 0.15) is 0 Å². The fourth-order valence-electron chi connectivity index (χ4n) is 1.63. The van der Waals surface area contributed by atoms with Crippen LogP contribution in [0.4, 0.5) is 10.6 Å². The van der Waals surface area contributed by atoms with Crippen molar-refractivity contribution in [2.75, 3.05) is 5.32 Å². The minimum Gasteiger partial charge on any atom is -0.481 e. The van der Waals surface area contributed by atoms with Crippen molar-refractivity contribution in [1.29, 1.82) is 0 Å². The maximum absolute atomic E-state index is 11.7. The second-order valence-electron chi connectivity index (χ2n) is 4.58. The van der Waals surface area contributed by atoms with E-state index in [9.17, 15) is 9.59 Å². The molecule has 1 heterocycles. The Morgan fingerprint density at radius 2 is 2.21 bits per heavy atom. The number of nitrogens with zero attached hydrogens (tertiary/aromatic N) is 2. The topological polar surface area (TPSA) is 96.2 Å². The summed E-state index contributed by atoms with van der Waals surface area (Å²) in [5, 5.41) is 18.0. The normalized spacial score (nSPS) is 11.9. The zero-order valence-electron chi connectivity index (χ0n) is 11.4. The summed E-state index contributed by atoms with van der Waals surface area (Å²) < 4.78 is 1.67. The molecule has 2 amide bonds. The van der Waals surface area contributed by atoms with Crippen LogP contribution in [0.2, 0.25) is 0 Å². The molecule has 19 heavy (non-hydrogen) atoms. The number of aryl methyl sites for hydroxylation is 2. The number of nitrogens with one attached hydrogen (secondary N) is 2. The third-order valence-corrected chi connectivity index (χ3v) is 2.76. The Hall–Kier alpha value is -2.05. The number of carbonyl (C=O) groups is 2. The largest absolute Gasteiger partial charge is 0.481 e. The van der Waals surface area contributed by atoms with Crippen LogP contribution in [0.15, 0.2) is 6.07 Å². The number of aliphatic carboxylic acids is 1. The Morgan fingerprint density at radius 3 is 2.74 bits per heavy atom. The zero-order valence-corrected chi connectivity index (χ0v) is 11.4. The molecule has 0 aromatic carbocycles. The number of urea groups is 1. The summed E-state index contributed by atoms with van der Waals surface area (Å²) in [4.78, 5) is 22.0. The number of aromatic nitrogens is 2. The monoisotopic (exact) mass is 268 g/mol. The summed E-state index contributed by atoms with van der Waals surface area (Å²) in [7, 11) is 1.80. The molecule has 0 aliphatic carbocycles. The van der Waals surface area contributed by atoms with Gasteiger partial charge in [-0.1, -0.05) is 0 Å². The lowest BCUT2D eigenvalue weighted by Crippen LogP contribution is -2.36. The summed E-state index contributed by atoms with van der Waals surface area (Å²) in [5.41, 5.74) is 0.949. The van der Waals surface area contributed by atoms with Gasteiger partial charge in [0.15, 0.2) is 5.82 Å². The van der Waals surface area contributed by atoms with Crippen LogP contribution in [0.25, 0.3) is 0 Å². The number of anilines is 1. The number of carbonyl (C=O) groups excluding carboxylic acids is 1. The Kier molecular flexibility index (Phi) is 5.35. The smallest absolute Gasteiger partial charge is 0.320 e. The first-order valence-corrected chi connectivity index (χ1v) is 6.18. The van der Waals surface area contributed by atoms with Crippen molar-refractivity contribution in [2.45, 2.75) is 39.2 Å². The van der Waals surface area contributed by atoms with Crippen molar-refractivity contribution >= 4 is 17.8 Å². The average molecular weight is 268 g/mol. The molecule has 3 N–H and O–H groups in total. The molecule has 0 bridgehead atoms. The SMILES string of the molecule is Cc1cc(NC(=O)NC(C)CCCC(=O)O)nn1C. The maximum atomic E-state index is 11.7. The molecule has 1 aromatic heterocycles. The van der Waals surface area contributed by atoms with Crippen molar-refractivity contribution in [1.82, 2.24) is 15.1 Å². The molecule has 0 saturated heterocycles. The van der Waals surface area contributed by atoms with E-state index in [-0.39, 0.29) is 18.5 Å². The van der Waals surface area contributed by atoms with E-state index < -0.39 is 5.97 Å². The Bertz CT molecular complexity index is 436. The molecule has 7 heteroatoms. The Labute approximate surface area is 112 Å². The highest BCUT2D eigenvalue weighted by atomic mass is 16.4. The van der Waals surface area contributed by atoms with Gasteiger partial charge in [0.25, 0.3) is 0 Å². The molecule has 1 unspecified atom stereocenters. The maximum Gasteiger partial charge on any atom is 0.320 e. The summed E-state index contributed by atoms with van der Waals surface area (Å²) in [6.07, 6.45) is 1.29. The van der Waals surface area contributed by atoms with E-state index in [1.165, 1.54) is 0 Å². The molecule has 0 aliphatic rings. The first kappa shape index (κ1) is 15.0. The van der Waals surface area contributed by atoms with Crippen molar-refractivity contribution in [3.63, 3.8) is 0 Å². The lowest BCUT2D eigenvalue weighted by atomic mass is 10.1. The number of carboxylic acids is 1. The fraction of sp³-hybridized carbons (Fsp3) is 0.583. The molecule has 0 aliphatic heterocycles. The van der Waals surface area contributed by atoms with Gasteiger partial charge in [0.2, 0.25) is 0 Å². The van der Waals surface area contributed by atoms with Gasteiger partial charge in [-0.15, -0.1) is 0 Å². The predicted octanol–water partition coefficient (Wildman–Crippen LogP) is 1.49. The van der Waals surface area contributed by atoms with Crippen LogP contribution in [0, 0.1) is 6.92 Å². The standard InChI is InChI=1S/C12H20N4O3/c1-8(5-4-6-11(17)18)13-12(19)14-10-7-9(2)16(3)15-10/h7-8H,4-6H2,1-3H3,(H,17,18)(H2,13,14,15,19). The van der Waals surface area contributed by atoms with Crippen LogP contribution in [-0.2, 0) is 11.8 Å². The lowest BCUT2D eigenvalue weighted by Gasteiger charge is -2.13. The molecular formula is C12H20N4O3. The second-order valence-corrected chi connectivity index (χ2v) is 4.58. The Balaban J connectivity index is 2.32. The van der Waals surface area contributed by atoms with E-state index in [2.05, 4.69) is 15.7 Å². The van der Waals surface area contributed by atoms with Crippen LogP contribution in [0.5, 0.6) is 0 Å². The third kappa shape index (κ3) is 5.41. The molecule has 1 atom stereocenters. The molecule has 0 spiro atoms. The van der Waals surface area contributed by atoms with E-state index in [1.807, 2.05) is 13.8 Å². The predicted molar refractivity (Wildman–Crippen MR) is 71.0 cm³/mol. The molecule has 7 nitrogen and oxygen atoms in total. The van der Waals surface area contributed by atoms with Crippen LogP contribution >= 0.6 is 0 Å². The summed E-state index contributed by atoms with van der Waals surface area (Å²) in [5.74, 6) is -0.323. The third-order valence-electron chi connectivity index (χ3n) is 2.76. The van der Waals surface area contributed by atoms with E-state index in [4.69, 9.17) is 5.11 Å². The van der Waals surface area contributed by atoms with Gasteiger partial charge >= 0.3 is 12.0 Å². The second kappa shape index (κ2) is 6.77. The van der Waals surface area contributed by atoms with Gasteiger partial charge in [-0.2, -0.15) is 5.10 Å². The van der Waals surface area contributed by atoms with E-state index in [0.29, 0.717) is 18.7 Å². The minimum atomic E-state index is -0.819. The Morgan fingerprint density at radius 1 is 1.53 bits per heavy atom. The number of rotatable bonds is 6. The average Bonchev–Trinajstić information content (AvgIpc) is 2.56. The first-order valence-electron chi connectivity index (χ1n) is 6.18. The molecule has 0 saturated carbocycles. The van der Waals surface area contributed by atoms with E-state index in [1.54, 1.807) is 17.8 Å². The van der Waals surface area contributed by atoms with Crippen molar-refractivity contribution < 1.29 is 14.7 Å². The van der Waals surface area contributed by atoms with Gasteiger partial charge < -0.3 is 10.4 Å². The molecule has 106 valence electrons. The highest BCUT2D eigenvalue weighted by Crippen LogP contribution is 2.07. The number of hydrogen-bond acceptors (Lipinski definition) is 3. The summed E-state index contributed by atoms with van der Waals surface area (Å²) in [6, 6.07) is 1.36. The number of hydrogen-bond donors (Lipinski definition) is 3.